The molecule has 1 aliphatic rings. The lowest BCUT2D eigenvalue weighted by Crippen LogP contribution is -2.51. The van der Waals surface area contributed by atoms with Gasteiger partial charge in [0.05, 0.1) is 17.9 Å². The van der Waals surface area contributed by atoms with Gasteiger partial charge < -0.3 is 0 Å². The minimum Gasteiger partial charge on any atom is -0.287 e. The summed E-state index contributed by atoms with van der Waals surface area (Å²) in [4.78, 5) is 14.6. The first-order chi connectivity index (χ1) is 13.8. The average molecular weight is 414 g/mol. The van der Waals surface area contributed by atoms with Gasteiger partial charge in [0.1, 0.15) is 16.5 Å². The second-order valence-corrected chi connectivity index (χ2v) is 8.42. The van der Waals surface area contributed by atoms with E-state index in [1.807, 2.05) is 0 Å². The third-order valence-electron chi connectivity index (χ3n) is 4.71. The lowest BCUT2D eigenvalue weighted by atomic mass is 10.2. The monoisotopic (exact) mass is 414 g/mol. The van der Waals surface area contributed by atoms with Gasteiger partial charge in [-0.15, -0.1) is 0 Å². The first kappa shape index (κ1) is 19.1. The molecule has 5 nitrogen and oxygen atoms in total. The van der Waals surface area contributed by atoms with Gasteiger partial charge in [0.25, 0.3) is 10.0 Å². The highest BCUT2D eigenvalue weighted by Gasteiger charge is 2.42. The van der Waals surface area contributed by atoms with Crippen LogP contribution in [0.1, 0.15) is 11.1 Å². The van der Waals surface area contributed by atoms with Crippen LogP contribution in [0.5, 0.6) is 0 Å². The van der Waals surface area contributed by atoms with Crippen molar-refractivity contribution in [2.75, 3.05) is 9.21 Å². The zero-order valence-electron chi connectivity index (χ0n) is 15.3. The predicted octanol–water partition coefficient (Wildman–Crippen LogP) is 4.61. The van der Waals surface area contributed by atoms with Gasteiger partial charge in [-0.3, -0.25) is 4.90 Å². The fourth-order valence-electron chi connectivity index (χ4n) is 3.32. The molecule has 3 aromatic carbocycles. The maximum Gasteiger partial charge on any atom is 0.343 e. The summed E-state index contributed by atoms with van der Waals surface area (Å²) in [6.07, 6.45) is 0. The summed E-state index contributed by atoms with van der Waals surface area (Å²) in [5.41, 5.74) is 1.25. The SMILES string of the molecule is Cc1cc(F)ccc1N1C(=O)N(Cc2ccc(F)cc2)c2ccccc2S1(=O)=O. The Kier molecular flexibility index (Phi) is 4.58. The summed E-state index contributed by atoms with van der Waals surface area (Å²) in [5, 5.41) is 0. The number of amides is 2. The first-order valence-corrected chi connectivity index (χ1v) is 10.2. The van der Waals surface area contributed by atoms with E-state index in [4.69, 9.17) is 0 Å². The Morgan fingerprint density at radius 1 is 0.862 bits per heavy atom. The van der Waals surface area contributed by atoms with Gasteiger partial charge >= 0.3 is 6.03 Å². The molecule has 0 aliphatic carbocycles. The molecule has 0 atom stereocenters. The van der Waals surface area contributed by atoms with Crippen molar-refractivity contribution in [3.63, 3.8) is 0 Å². The number of rotatable bonds is 3. The average Bonchev–Trinajstić information content (AvgIpc) is 2.68. The molecule has 0 aromatic heterocycles. The number of aryl methyl sites for hydroxylation is 1. The van der Waals surface area contributed by atoms with E-state index in [0.29, 0.717) is 15.4 Å². The molecular weight excluding hydrogens is 398 g/mol. The number of halogens is 2. The van der Waals surface area contributed by atoms with Crippen LogP contribution in [0.2, 0.25) is 0 Å². The standard InChI is InChI=1S/C21H16F2N2O3S/c1-14-12-17(23)10-11-18(14)25-21(26)24(13-15-6-8-16(22)9-7-15)19-4-2-3-5-20(19)29(25,27)28/h2-12H,13H2,1H3. The number of fused-ring (bicyclic) bond motifs is 1. The van der Waals surface area contributed by atoms with Crippen LogP contribution in [-0.4, -0.2) is 14.4 Å². The minimum absolute atomic E-state index is 0.0366. The zero-order chi connectivity index (χ0) is 20.8. The number of carbonyl (C=O) groups is 1. The van der Waals surface area contributed by atoms with Crippen LogP contribution in [0.3, 0.4) is 0 Å². The smallest absolute Gasteiger partial charge is 0.287 e. The number of benzene rings is 3. The minimum atomic E-state index is -4.19. The number of carbonyl (C=O) groups excluding carboxylic acids is 1. The van der Waals surface area contributed by atoms with E-state index in [0.717, 1.165) is 6.07 Å². The molecule has 0 unspecified atom stereocenters. The Hall–Kier alpha value is -3.26. The van der Waals surface area contributed by atoms with Gasteiger partial charge in [0.15, 0.2) is 0 Å². The van der Waals surface area contributed by atoms with Gasteiger partial charge in [-0.1, -0.05) is 24.3 Å². The number of nitrogens with zero attached hydrogens (tertiary/aromatic N) is 2. The van der Waals surface area contributed by atoms with Crippen LogP contribution in [0.4, 0.5) is 25.0 Å². The largest absolute Gasteiger partial charge is 0.343 e. The predicted molar refractivity (Wildman–Crippen MR) is 105 cm³/mol. The zero-order valence-corrected chi connectivity index (χ0v) is 16.2. The summed E-state index contributed by atoms with van der Waals surface area (Å²) in [6.45, 7) is 1.58. The Morgan fingerprint density at radius 2 is 1.52 bits per heavy atom. The molecule has 0 spiro atoms. The number of hydrogen-bond donors (Lipinski definition) is 0. The Bertz CT molecular complexity index is 1210. The summed E-state index contributed by atoms with van der Waals surface area (Å²) < 4.78 is 53.9. The van der Waals surface area contributed by atoms with E-state index in [9.17, 15) is 22.0 Å². The first-order valence-electron chi connectivity index (χ1n) is 8.75. The normalized spacial score (nSPS) is 15.3. The molecule has 148 valence electrons. The topological polar surface area (TPSA) is 57.7 Å². The number of para-hydroxylation sites is 1. The van der Waals surface area contributed by atoms with Crippen LogP contribution < -0.4 is 9.21 Å². The van der Waals surface area contributed by atoms with E-state index in [-0.39, 0.29) is 22.8 Å². The van der Waals surface area contributed by atoms with Crippen LogP contribution >= 0.6 is 0 Å². The number of sulfonamides is 1. The molecule has 8 heteroatoms. The second kappa shape index (κ2) is 6.97. The molecule has 1 aliphatic heterocycles. The molecule has 0 saturated heterocycles. The van der Waals surface area contributed by atoms with Crippen molar-refractivity contribution >= 4 is 27.4 Å². The van der Waals surface area contributed by atoms with E-state index in [2.05, 4.69) is 0 Å². The highest BCUT2D eigenvalue weighted by molar-refractivity contribution is 7.94. The van der Waals surface area contributed by atoms with E-state index in [1.54, 1.807) is 18.2 Å². The van der Waals surface area contributed by atoms with Crippen LogP contribution in [0.25, 0.3) is 0 Å². The number of hydrogen-bond acceptors (Lipinski definition) is 3. The number of anilines is 2. The molecule has 3 aromatic rings. The van der Waals surface area contributed by atoms with Crippen LogP contribution in [0, 0.1) is 18.6 Å². The van der Waals surface area contributed by atoms with Crippen molar-refractivity contribution in [1.29, 1.82) is 0 Å². The van der Waals surface area contributed by atoms with Gasteiger partial charge in [0, 0.05) is 0 Å². The fourth-order valence-corrected chi connectivity index (χ4v) is 4.97. The molecule has 0 saturated carbocycles. The molecule has 1 heterocycles. The summed E-state index contributed by atoms with van der Waals surface area (Å²) in [6, 6.07) is 14.5. The maximum atomic E-state index is 13.5. The molecule has 0 fully saturated rings. The Labute approximate surface area is 166 Å². The summed E-state index contributed by atoms with van der Waals surface area (Å²) in [5.74, 6) is -0.943. The van der Waals surface area contributed by atoms with Crippen LogP contribution in [0.15, 0.2) is 71.6 Å². The lowest BCUT2D eigenvalue weighted by Gasteiger charge is -2.36. The highest BCUT2D eigenvalue weighted by Crippen LogP contribution is 2.39. The van der Waals surface area contributed by atoms with Crippen molar-refractivity contribution in [3.05, 3.63) is 89.5 Å². The molecule has 4 rings (SSSR count). The van der Waals surface area contributed by atoms with Crippen molar-refractivity contribution in [3.8, 4) is 0 Å². The second-order valence-electron chi connectivity index (χ2n) is 6.66. The van der Waals surface area contributed by atoms with Crippen molar-refractivity contribution in [2.45, 2.75) is 18.4 Å². The quantitative estimate of drug-likeness (QED) is 0.629. The van der Waals surface area contributed by atoms with Gasteiger partial charge in [-0.2, -0.15) is 4.31 Å². The molecule has 2 amide bonds. The molecule has 29 heavy (non-hydrogen) atoms. The van der Waals surface area contributed by atoms with Crippen molar-refractivity contribution < 1.29 is 22.0 Å². The Balaban J connectivity index is 1.88. The summed E-state index contributed by atoms with van der Waals surface area (Å²) in [7, 11) is -4.19. The van der Waals surface area contributed by atoms with Crippen LogP contribution in [-0.2, 0) is 16.6 Å². The Morgan fingerprint density at radius 3 is 2.21 bits per heavy atom. The molecular formula is C21H16F2N2O3S. The summed E-state index contributed by atoms with van der Waals surface area (Å²) >= 11 is 0. The lowest BCUT2D eigenvalue weighted by molar-refractivity contribution is 0.253. The van der Waals surface area contributed by atoms with E-state index in [1.165, 1.54) is 54.3 Å². The van der Waals surface area contributed by atoms with Gasteiger partial charge in [-0.25, -0.2) is 22.0 Å². The number of urea groups is 1. The van der Waals surface area contributed by atoms with E-state index < -0.39 is 27.7 Å². The van der Waals surface area contributed by atoms with E-state index >= 15 is 0 Å². The molecule has 0 N–H and O–H groups in total. The fraction of sp³-hybridized carbons (Fsp3) is 0.0952. The maximum absolute atomic E-state index is 13.5. The van der Waals surface area contributed by atoms with Gasteiger partial charge in [0.2, 0.25) is 0 Å². The third-order valence-corrected chi connectivity index (χ3v) is 6.45. The third kappa shape index (κ3) is 3.25. The molecule has 0 bridgehead atoms. The van der Waals surface area contributed by atoms with Gasteiger partial charge in [-0.05, 0) is 60.5 Å². The van der Waals surface area contributed by atoms with Crippen molar-refractivity contribution in [2.24, 2.45) is 0 Å². The van der Waals surface area contributed by atoms with Crippen molar-refractivity contribution in [1.82, 2.24) is 0 Å². The highest BCUT2D eigenvalue weighted by atomic mass is 32.2. The molecule has 0 radical (unpaired) electrons.